The Balaban J connectivity index is 2.31. The molecular formula is C14H19NO3. The minimum Gasteiger partial charge on any atom is -0.394 e. The number of aryl methyl sites for hydroxylation is 1. The van der Waals surface area contributed by atoms with Gasteiger partial charge in [0.05, 0.1) is 19.3 Å². The summed E-state index contributed by atoms with van der Waals surface area (Å²) in [4.78, 5) is 13.3. The van der Waals surface area contributed by atoms with E-state index in [2.05, 4.69) is 11.8 Å². The van der Waals surface area contributed by atoms with E-state index in [1.165, 1.54) is 0 Å². The number of aliphatic hydroxyl groups is 1. The van der Waals surface area contributed by atoms with Crippen molar-refractivity contribution in [2.24, 2.45) is 0 Å². The first-order chi connectivity index (χ1) is 8.65. The second-order valence-corrected chi connectivity index (χ2v) is 4.82. The maximum absolute atomic E-state index is 11.2. The van der Waals surface area contributed by atoms with E-state index in [4.69, 9.17) is 4.74 Å². The van der Waals surface area contributed by atoms with Gasteiger partial charge in [-0.25, -0.2) is 0 Å². The molecule has 1 aliphatic heterocycles. The van der Waals surface area contributed by atoms with Crippen LogP contribution in [0.4, 0.5) is 5.69 Å². The van der Waals surface area contributed by atoms with Crippen LogP contribution in [0.5, 0.6) is 0 Å². The molecule has 0 bridgehead atoms. The van der Waals surface area contributed by atoms with Crippen LogP contribution in [0.2, 0.25) is 0 Å². The zero-order valence-electron chi connectivity index (χ0n) is 10.8. The molecule has 0 spiro atoms. The molecule has 2 rings (SSSR count). The lowest BCUT2D eigenvalue weighted by Crippen LogP contribution is -2.50. The number of benzene rings is 1. The van der Waals surface area contributed by atoms with Gasteiger partial charge in [0.15, 0.2) is 6.29 Å². The third kappa shape index (κ3) is 2.54. The third-order valence-corrected chi connectivity index (χ3v) is 3.33. The van der Waals surface area contributed by atoms with Crippen molar-refractivity contribution in [3.05, 3.63) is 29.3 Å². The zero-order valence-corrected chi connectivity index (χ0v) is 10.8. The van der Waals surface area contributed by atoms with Gasteiger partial charge in [0.25, 0.3) is 0 Å². The first kappa shape index (κ1) is 13.1. The lowest BCUT2D eigenvalue weighted by molar-refractivity contribution is -0.0103. The monoisotopic (exact) mass is 249 g/mol. The topological polar surface area (TPSA) is 49.8 Å². The lowest BCUT2D eigenvalue weighted by Gasteiger charge is -2.39. The molecule has 4 heteroatoms. The summed E-state index contributed by atoms with van der Waals surface area (Å²) in [6, 6.07) is 6.06. The van der Waals surface area contributed by atoms with Crippen molar-refractivity contribution < 1.29 is 14.6 Å². The Morgan fingerprint density at radius 3 is 3.00 bits per heavy atom. The number of rotatable bonds is 3. The third-order valence-electron chi connectivity index (χ3n) is 3.33. The minimum atomic E-state index is -0.179. The molecule has 1 heterocycles. The van der Waals surface area contributed by atoms with Gasteiger partial charge in [0.2, 0.25) is 0 Å². The normalized spacial score (nSPS) is 24.1. The number of aldehydes is 1. The smallest absolute Gasteiger partial charge is 0.152 e. The molecular weight excluding hydrogens is 230 g/mol. The van der Waals surface area contributed by atoms with Crippen LogP contribution < -0.4 is 4.90 Å². The highest BCUT2D eigenvalue weighted by atomic mass is 16.5. The summed E-state index contributed by atoms with van der Waals surface area (Å²) in [5, 5.41) is 9.19. The molecule has 1 aromatic rings. The van der Waals surface area contributed by atoms with Gasteiger partial charge in [0, 0.05) is 23.8 Å². The zero-order chi connectivity index (χ0) is 13.1. The number of carbonyl (C=O) groups excluding carboxylic acids is 1. The van der Waals surface area contributed by atoms with E-state index in [1.807, 2.05) is 25.1 Å². The SMILES string of the molecule is Cc1ccc(N2CC(CO)OCC2C)c(C=O)c1. The first-order valence-corrected chi connectivity index (χ1v) is 6.20. The molecule has 1 N–H and O–H groups in total. The largest absolute Gasteiger partial charge is 0.394 e. The van der Waals surface area contributed by atoms with Crippen molar-refractivity contribution in [1.29, 1.82) is 0 Å². The van der Waals surface area contributed by atoms with E-state index >= 15 is 0 Å². The molecule has 0 amide bonds. The van der Waals surface area contributed by atoms with E-state index in [1.54, 1.807) is 0 Å². The standard InChI is InChI=1S/C14H19NO3/c1-10-3-4-14(12(5-10)7-16)15-6-13(8-17)18-9-11(15)2/h3-5,7,11,13,17H,6,8-9H2,1-2H3. The van der Waals surface area contributed by atoms with Gasteiger partial charge in [-0.1, -0.05) is 11.6 Å². The molecule has 0 radical (unpaired) electrons. The highest BCUT2D eigenvalue weighted by Gasteiger charge is 2.27. The summed E-state index contributed by atoms with van der Waals surface area (Å²) >= 11 is 0. The highest BCUT2D eigenvalue weighted by Crippen LogP contribution is 2.25. The molecule has 1 aromatic carbocycles. The van der Waals surface area contributed by atoms with Crippen molar-refractivity contribution in [2.45, 2.75) is 26.0 Å². The van der Waals surface area contributed by atoms with Gasteiger partial charge in [-0.05, 0) is 26.0 Å². The summed E-state index contributed by atoms with van der Waals surface area (Å²) in [6.07, 6.45) is 0.709. The average Bonchev–Trinajstić information content (AvgIpc) is 2.39. The van der Waals surface area contributed by atoms with Gasteiger partial charge in [-0.3, -0.25) is 4.79 Å². The van der Waals surface area contributed by atoms with Crippen molar-refractivity contribution in [3.63, 3.8) is 0 Å². The molecule has 1 saturated heterocycles. The Bertz CT molecular complexity index is 433. The van der Waals surface area contributed by atoms with Gasteiger partial charge >= 0.3 is 0 Å². The van der Waals surface area contributed by atoms with E-state index in [0.29, 0.717) is 18.7 Å². The first-order valence-electron chi connectivity index (χ1n) is 6.20. The number of carbonyl (C=O) groups is 1. The van der Waals surface area contributed by atoms with Gasteiger partial charge in [-0.2, -0.15) is 0 Å². The molecule has 1 aliphatic rings. The summed E-state index contributed by atoms with van der Waals surface area (Å²) in [5.74, 6) is 0. The predicted molar refractivity (Wildman–Crippen MR) is 70.2 cm³/mol. The quantitative estimate of drug-likeness (QED) is 0.823. The molecule has 0 saturated carbocycles. The lowest BCUT2D eigenvalue weighted by atomic mass is 10.1. The van der Waals surface area contributed by atoms with Crippen LogP contribution in [-0.2, 0) is 4.74 Å². The van der Waals surface area contributed by atoms with Crippen LogP contribution in [0.3, 0.4) is 0 Å². The Hall–Kier alpha value is -1.39. The summed E-state index contributed by atoms with van der Waals surface area (Å²) < 4.78 is 5.51. The van der Waals surface area contributed by atoms with E-state index in [0.717, 1.165) is 17.5 Å². The molecule has 98 valence electrons. The van der Waals surface area contributed by atoms with Crippen LogP contribution in [0.15, 0.2) is 18.2 Å². The fourth-order valence-corrected chi connectivity index (χ4v) is 2.29. The van der Waals surface area contributed by atoms with Crippen molar-refractivity contribution in [1.82, 2.24) is 0 Å². The fourth-order valence-electron chi connectivity index (χ4n) is 2.29. The maximum atomic E-state index is 11.2. The number of hydrogen-bond acceptors (Lipinski definition) is 4. The van der Waals surface area contributed by atoms with Gasteiger partial charge in [0.1, 0.15) is 0 Å². The molecule has 18 heavy (non-hydrogen) atoms. The molecule has 0 aromatic heterocycles. The Kier molecular flexibility index (Phi) is 3.99. The Morgan fingerprint density at radius 1 is 1.56 bits per heavy atom. The second-order valence-electron chi connectivity index (χ2n) is 4.82. The molecule has 4 nitrogen and oxygen atoms in total. The Labute approximate surface area is 107 Å². The Morgan fingerprint density at radius 2 is 2.33 bits per heavy atom. The van der Waals surface area contributed by atoms with E-state index in [9.17, 15) is 9.90 Å². The number of anilines is 1. The van der Waals surface area contributed by atoms with E-state index < -0.39 is 0 Å². The van der Waals surface area contributed by atoms with Crippen molar-refractivity contribution >= 4 is 12.0 Å². The number of aliphatic hydroxyl groups excluding tert-OH is 1. The van der Waals surface area contributed by atoms with Crippen LogP contribution in [0.1, 0.15) is 22.8 Å². The molecule has 1 fully saturated rings. The predicted octanol–water partition coefficient (Wildman–Crippen LogP) is 1.39. The van der Waals surface area contributed by atoms with Crippen LogP contribution >= 0.6 is 0 Å². The van der Waals surface area contributed by atoms with Crippen molar-refractivity contribution in [3.8, 4) is 0 Å². The van der Waals surface area contributed by atoms with Crippen molar-refractivity contribution in [2.75, 3.05) is 24.7 Å². The van der Waals surface area contributed by atoms with Crippen LogP contribution in [0.25, 0.3) is 0 Å². The molecule has 2 unspecified atom stereocenters. The average molecular weight is 249 g/mol. The molecule has 0 aliphatic carbocycles. The number of hydrogen-bond donors (Lipinski definition) is 1. The van der Waals surface area contributed by atoms with Crippen LogP contribution in [0, 0.1) is 6.92 Å². The highest BCUT2D eigenvalue weighted by molar-refractivity contribution is 5.85. The van der Waals surface area contributed by atoms with Crippen LogP contribution in [-0.4, -0.2) is 43.3 Å². The summed E-state index contributed by atoms with van der Waals surface area (Å²) in [7, 11) is 0. The van der Waals surface area contributed by atoms with Gasteiger partial charge in [-0.15, -0.1) is 0 Å². The minimum absolute atomic E-state index is 0.00546. The van der Waals surface area contributed by atoms with Gasteiger partial charge < -0.3 is 14.7 Å². The number of morpholine rings is 1. The van der Waals surface area contributed by atoms with E-state index in [-0.39, 0.29) is 18.8 Å². The number of ether oxygens (including phenoxy) is 1. The second kappa shape index (κ2) is 5.50. The number of nitrogens with zero attached hydrogens (tertiary/aromatic N) is 1. The maximum Gasteiger partial charge on any atom is 0.152 e. The fraction of sp³-hybridized carbons (Fsp3) is 0.500. The molecule has 2 atom stereocenters. The summed E-state index contributed by atoms with van der Waals surface area (Å²) in [6.45, 7) is 5.21. The summed E-state index contributed by atoms with van der Waals surface area (Å²) in [5.41, 5.74) is 2.69.